The number of amides is 1. The van der Waals surface area contributed by atoms with E-state index >= 15 is 0 Å². The van der Waals surface area contributed by atoms with Crippen LogP contribution in [0.2, 0.25) is 5.02 Å². The van der Waals surface area contributed by atoms with Crippen LogP contribution >= 0.6 is 11.6 Å². The lowest BCUT2D eigenvalue weighted by Crippen LogP contribution is -2.48. The summed E-state index contributed by atoms with van der Waals surface area (Å²) in [5.41, 5.74) is 1.88. The fraction of sp³-hybridized carbons (Fsp3) is 0.316. The van der Waals surface area contributed by atoms with E-state index in [0.717, 1.165) is 37.7 Å². The third kappa shape index (κ3) is 3.57. The molecule has 1 saturated heterocycles. The van der Waals surface area contributed by atoms with Crippen LogP contribution in [0, 0.1) is 0 Å². The van der Waals surface area contributed by atoms with E-state index in [1.165, 1.54) is 5.56 Å². The van der Waals surface area contributed by atoms with Gasteiger partial charge in [-0.15, -0.1) is 0 Å². The van der Waals surface area contributed by atoms with Gasteiger partial charge in [0.25, 0.3) is 5.91 Å². The van der Waals surface area contributed by atoms with Crippen molar-refractivity contribution in [3.63, 3.8) is 0 Å². The number of benzene rings is 2. The molecule has 130 valence electrons. The standard InChI is InChI=1S/C19H19ClN2O3/c20-16-4-1-14(2-5-16)12-21-7-9-22(10-8-21)19(23)15-3-6-17-18(11-15)25-13-24-17/h1-6,11H,7-10,12-13H2. The first kappa shape index (κ1) is 16.2. The minimum Gasteiger partial charge on any atom is -0.454 e. The highest BCUT2D eigenvalue weighted by atomic mass is 35.5. The molecule has 2 aliphatic heterocycles. The van der Waals surface area contributed by atoms with Crippen molar-refractivity contribution in [1.29, 1.82) is 0 Å². The molecule has 0 aromatic heterocycles. The molecular formula is C19H19ClN2O3. The Morgan fingerprint density at radius 1 is 0.960 bits per heavy atom. The second-order valence-electron chi connectivity index (χ2n) is 6.26. The Morgan fingerprint density at radius 2 is 1.68 bits per heavy atom. The van der Waals surface area contributed by atoms with E-state index in [4.69, 9.17) is 21.1 Å². The number of hydrogen-bond acceptors (Lipinski definition) is 4. The van der Waals surface area contributed by atoms with Crippen molar-refractivity contribution in [2.45, 2.75) is 6.54 Å². The van der Waals surface area contributed by atoms with Crippen molar-refractivity contribution in [3.05, 3.63) is 58.6 Å². The van der Waals surface area contributed by atoms with Crippen molar-refractivity contribution in [1.82, 2.24) is 9.80 Å². The fourth-order valence-electron chi connectivity index (χ4n) is 3.17. The highest BCUT2D eigenvalue weighted by molar-refractivity contribution is 6.30. The van der Waals surface area contributed by atoms with E-state index in [2.05, 4.69) is 4.90 Å². The second-order valence-corrected chi connectivity index (χ2v) is 6.70. The van der Waals surface area contributed by atoms with Crippen molar-refractivity contribution in [2.24, 2.45) is 0 Å². The Kier molecular flexibility index (Phi) is 4.51. The molecule has 0 N–H and O–H groups in total. The largest absolute Gasteiger partial charge is 0.454 e. The van der Waals surface area contributed by atoms with Gasteiger partial charge in [-0.3, -0.25) is 9.69 Å². The summed E-state index contributed by atoms with van der Waals surface area (Å²) in [5, 5.41) is 0.753. The van der Waals surface area contributed by atoms with E-state index < -0.39 is 0 Å². The summed E-state index contributed by atoms with van der Waals surface area (Å²) in [6.45, 7) is 4.26. The average Bonchev–Trinajstić information content (AvgIpc) is 3.11. The Labute approximate surface area is 151 Å². The highest BCUT2D eigenvalue weighted by Crippen LogP contribution is 2.32. The molecule has 0 aliphatic carbocycles. The van der Waals surface area contributed by atoms with Crippen molar-refractivity contribution < 1.29 is 14.3 Å². The van der Waals surface area contributed by atoms with Gasteiger partial charge in [0.05, 0.1) is 0 Å². The van der Waals surface area contributed by atoms with E-state index in [-0.39, 0.29) is 12.7 Å². The molecule has 0 unspecified atom stereocenters. The summed E-state index contributed by atoms with van der Waals surface area (Å²) >= 11 is 5.93. The molecule has 0 radical (unpaired) electrons. The smallest absolute Gasteiger partial charge is 0.254 e. The molecule has 0 spiro atoms. The normalized spacial score (nSPS) is 16.9. The van der Waals surface area contributed by atoms with Crippen LogP contribution in [0.1, 0.15) is 15.9 Å². The van der Waals surface area contributed by atoms with Crippen molar-refractivity contribution in [3.8, 4) is 11.5 Å². The van der Waals surface area contributed by atoms with Gasteiger partial charge in [-0.25, -0.2) is 0 Å². The molecule has 5 nitrogen and oxygen atoms in total. The van der Waals surface area contributed by atoms with Crippen LogP contribution in [0.15, 0.2) is 42.5 Å². The Morgan fingerprint density at radius 3 is 2.44 bits per heavy atom. The molecule has 4 rings (SSSR count). The van der Waals surface area contributed by atoms with Crippen LogP contribution in [0.3, 0.4) is 0 Å². The van der Waals surface area contributed by atoms with Gasteiger partial charge in [-0.2, -0.15) is 0 Å². The minimum atomic E-state index is 0.0458. The number of carbonyl (C=O) groups excluding carboxylic acids is 1. The number of rotatable bonds is 3. The lowest BCUT2D eigenvalue weighted by Gasteiger charge is -2.34. The number of hydrogen-bond donors (Lipinski definition) is 0. The Bertz CT molecular complexity index is 771. The number of ether oxygens (including phenoxy) is 2. The molecule has 2 heterocycles. The maximum atomic E-state index is 12.7. The first-order chi connectivity index (χ1) is 12.2. The quantitative estimate of drug-likeness (QED) is 0.845. The zero-order chi connectivity index (χ0) is 17.2. The molecular weight excluding hydrogens is 340 g/mol. The van der Waals surface area contributed by atoms with Gasteiger partial charge in [0, 0.05) is 43.3 Å². The Balaban J connectivity index is 1.35. The summed E-state index contributed by atoms with van der Waals surface area (Å²) in [5.74, 6) is 1.39. The minimum absolute atomic E-state index is 0.0458. The molecule has 2 aromatic rings. The summed E-state index contributed by atoms with van der Waals surface area (Å²) < 4.78 is 10.7. The zero-order valence-electron chi connectivity index (χ0n) is 13.8. The maximum absolute atomic E-state index is 12.7. The molecule has 25 heavy (non-hydrogen) atoms. The molecule has 0 bridgehead atoms. The SMILES string of the molecule is O=C(c1ccc2c(c1)OCO2)N1CCN(Cc2ccc(Cl)cc2)CC1. The molecule has 0 atom stereocenters. The van der Waals surface area contributed by atoms with Gasteiger partial charge >= 0.3 is 0 Å². The van der Waals surface area contributed by atoms with E-state index in [9.17, 15) is 4.79 Å². The second kappa shape index (κ2) is 6.94. The summed E-state index contributed by atoms with van der Waals surface area (Å²) in [6.07, 6.45) is 0. The number of nitrogens with zero attached hydrogens (tertiary/aromatic N) is 2. The molecule has 2 aliphatic rings. The van der Waals surface area contributed by atoms with Gasteiger partial charge in [-0.05, 0) is 35.9 Å². The molecule has 1 amide bonds. The fourth-order valence-corrected chi connectivity index (χ4v) is 3.30. The van der Waals surface area contributed by atoms with E-state index in [0.29, 0.717) is 17.1 Å². The van der Waals surface area contributed by atoms with Crippen LogP contribution in [0.25, 0.3) is 0 Å². The molecule has 6 heteroatoms. The van der Waals surface area contributed by atoms with Crippen molar-refractivity contribution >= 4 is 17.5 Å². The van der Waals surface area contributed by atoms with E-state index in [1.54, 1.807) is 18.2 Å². The summed E-state index contributed by atoms with van der Waals surface area (Å²) in [7, 11) is 0. The molecule has 1 fully saturated rings. The predicted molar refractivity (Wildman–Crippen MR) is 95.2 cm³/mol. The van der Waals surface area contributed by atoms with Crippen LogP contribution in [-0.2, 0) is 6.54 Å². The van der Waals surface area contributed by atoms with Crippen LogP contribution in [-0.4, -0.2) is 48.7 Å². The van der Waals surface area contributed by atoms with Crippen LogP contribution < -0.4 is 9.47 Å². The third-order valence-electron chi connectivity index (χ3n) is 4.60. The summed E-state index contributed by atoms with van der Waals surface area (Å²) in [6, 6.07) is 13.3. The van der Waals surface area contributed by atoms with Gasteiger partial charge in [0.2, 0.25) is 6.79 Å². The molecule has 0 saturated carbocycles. The topological polar surface area (TPSA) is 42.0 Å². The van der Waals surface area contributed by atoms with Gasteiger partial charge in [0.15, 0.2) is 11.5 Å². The number of carbonyl (C=O) groups is 1. The predicted octanol–water partition coefficient (Wildman–Crippen LogP) is 3.03. The summed E-state index contributed by atoms with van der Waals surface area (Å²) in [4.78, 5) is 17.0. The number of piperazine rings is 1. The average molecular weight is 359 g/mol. The maximum Gasteiger partial charge on any atom is 0.254 e. The Hall–Kier alpha value is -2.24. The highest BCUT2D eigenvalue weighted by Gasteiger charge is 2.24. The van der Waals surface area contributed by atoms with E-state index in [1.807, 2.05) is 29.2 Å². The van der Waals surface area contributed by atoms with Gasteiger partial charge < -0.3 is 14.4 Å². The van der Waals surface area contributed by atoms with Crippen molar-refractivity contribution in [2.75, 3.05) is 33.0 Å². The zero-order valence-corrected chi connectivity index (χ0v) is 14.5. The van der Waals surface area contributed by atoms with Crippen LogP contribution in [0.4, 0.5) is 0 Å². The number of halogens is 1. The first-order valence-corrected chi connectivity index (χ1v) is 8.72. The first-order valence-electron chi connectivity index (χ1n) is 8.35. The third-order valence-corrected chi connectivity index (χ3v) is 4.85. The monoisotopic (exact) mass is 358 g/mol. The lowest BCUT2D eigenvalue weighted by atomic mass is 10.1. The van der Waals surface area contributed by atoms with Crippen LogP contribution in [0.5, 0.6) is 11.5 Å². The van der Waals surface area contributed by atoms with Gasteiger partial charge in [-0.1, -0.05) is 23.7 Å². The van der Waals surface area contributed by atoms with Gasteiger partial charge in [0.1, 0.15) is 0 Å². The lowest BCUT2D eigenvalue weighted by molar-refractivity contribution is 0.0628. The molecule has 2 aromatic carbocycles. The number of fused-ring (bicyclic) bond motifs is 1.